The predicted octanol–water partition coefficient (Wildman–Crippen LogP) is 0.626. The SMILES string of the molecule is CC(C)(CO)CCCN1CC(CO)CC1=O. The number of hydrogen-bond acceptors (Lipinski definition) is 3. The largest absolute Gasteiger partial charge is 0.396 e. The third-order valence-electron chi connectivity index (χ3n) is 3.26. The van der Waals surface area contributed by atoms with E-state index in [4.69, 9.17) is 10.2 Å². The second kappa shape index (κ2) is 5.64. The number of carbonyl (C=O) groups is 1. The van der Waals surface area contributed by atoms with Gasteiger partial charge in [0, 0.05) is 38.6 Å². The van der Waals surface area contributed by atoms with E-state index < -0.39 is 0 Å². The number of nitrogens with zero attached hydrogens (tertiary/aromatic N) is 1. The van der Waals surface area contributed by atoms with Crippen molar-refractivity contribution in [1.29, 1.82) is 0 Å². The lowest BCUT2D eigenvalue weighted by molar-refractivity contribution is -0.127. The normalized spacial score (nSPS) is 21.9. The van der Waals surface area contributed by atoms with Crippen molar-refractivity contribution < 1.29 is 15.0 Å². The van der Waals surface area contributed by atoms with E-state index in [1.165, 1.54) is 0 Å². The van der Waals surface area contributed by atoms with Gasteiger partial charge in [0.05, 0.1) is 0 Å². The molecule has 0 bridgehead atoms. The lowest BCUT2D eigenvalue weighted by Gasteiger charge is -2.23. The zero-order chi connectivity index (χ0) is 12.2. The van der Waals surface area contributed by atoms with Gasteiger partial charge in [-0.05, 0) is 18.3 Å². The molecule has 2 N–H and O–H groups in total. The average molecular weight is 229 g/mol. The lowest BCUT2D eigenvalue weighted by Crippen LogP contribution is -2.28. The highest BCUT2D eigenvalue weighted by Gasteiger charge is 2.28. The minimum absolute atomic E-state index is 0.0564. The summed E-state index contributed by atoms with van der Waals surface area (Å²) in [7, 11) is 0. The Bertz CT molecular complexity index is 240. The van der Waals surface area contributed by atoms with Gasteiger partial charge in [-0.25, -0.2) is 0 Å². The molecule has 1 rings (SSSR count). The van der Waals surface area contributed by atoms with E-state index in [0.29, 0.717) is 13.0 Å². The van der Waals surface area contributed by atoms with Crippen LogP contribution in [0.3, 0.4) is 0 Å². The molecule has 1 saturated heterocycles. The fraction of sp³-hybridized carbons (Fsp3) is 0.917. The first-order valence-corrected chi connectivity index (χ1v) is 5.98. The molecule has 1 amide bonds. The summed E-state index contributed by atoms with van der Waals surface area (Å²) in [4.78, 5) is 13.4. The molecular formula is C12H23NO3. The fourth-order valence-corrected chi connectivity index (χ4v) is 2.02. The molecule has 0 aliphatic carbocycles. The van der Waals surface area contributed by atoms with Crippen LogP contribution in [0, 0.1) is 11.3 Å². The van der Waals surface area contributed by atoms with Crippen LogP contribution in [0.2, 0.25) is 0 Å². The van der Waals surface area contributed by atoms with Gasteiger partial charge in [0.1, 0.15) is 0 Å². The summed E-state index contributed by atoms with van der Waals surface area (Å²) in [5, 5.41) is 18.1. The van der Waals surface area contributed by atoms with Crippen LogP contribution in [-0.4, -0.2) is 47.3 Å². The van der Waals surface area contributed by atoms with Gasteiger partial charge in [-0.1, -0.05) is 13.8 Å². The predicted molar refractivity (Wildman–Crippen MR) is 61.9 cm³/mol. The number of likely N-dealkylation sites (tertiary alicyclic amines) is 1. The van der Waals surface area contributed by atoms with E-state index >= 15 is 0 Å². The van der Waals surface area contributed by atoms with E-state index in [1.807, 2.05) is 18.7 Å². The van der Waals surface area contributed by atoms with E-state index in [1.54, 1.807) is 0 Å². The molecule has 0 spiro atoms. The summed E-state index contributed by atoms with van der Waals surface area (Å²) in [6.07, 6.45) is 2.31. The van der Waals surface area contributed by atoms with Crippen molar-refractivity contribution >= 4 is 5.91 Å². The molecule has 4 heteroatoms. The molecule has 0 saturated carbocycles. The van der Waals surface area contributed by atoms with Crippen LogP contribution in [0.15, 0.2) is 0 Å². The Hall–Kier alpha value is -0.610. The number of rotatable bonds is 6. The highest BCUT2D eigenvalue weighted by Crippen LogP contribution is 2.23. The lowest BCUT2D eigenvalue weighted by atomic mass is 9.89. The first kappa shape index (κ1) is 13.5. The molecule has 4 nitrogen and oxygen atoms in total. The Morgan fingerprint density at radius 2 is 2.12 bits per heavy atom. The first-order chi connectivity index (χ1) is 7.48. The monoisotopic (exact) mass is 229 g/mol. The minimum Gasteiger partial charge on any atom is -0.396 e. The maximum atomic E-state index is 11.5. The van der Waals surface area contributed by atoms with Gasteiger partial charge in [-0.2, -0.15) is 0 Å². The van der Waals surface area contributed by atoms with Gasteiger partial charge in [-0.3, -0.25) is 4.79 Å². The Morgan fingerprint density at radius 3 is 2.62 bits per heavy atom. The Morgan fingerprint density at radius 1 is 1.44 bits per heavy atom. The summed E-state index contributed by atoms with van der Waals surface area (Å²) >= 11 is 0. The van der Waals surface area contributed by atoms with Crippen molar-refractivity contribution in [3.8, 4) is 0 Å². The third kappa shape index (κ3) is 3.76. The highest BCUT2D eigenvalue weighted by molar-refractivity contribution is 5.78. The molecule has 1 heterocycles. The molecule has 1 unspecified atom stereocenters. The second-order valence-corrected chi connectivity index (χ2v) is 5.52. The van der Waals surface area contributed by atoms with Gasteiger partial charge >= 0.3 is 0 Å². The van der Waals surface area contributed by atoms with Crippen molar-refractivity contribution in [2.24, 2.45) is 11.3 Å². The first-order valence-electron chi connectivity index (χ1n) is 5.98. The Labute approximate surface area is 97.3 Å². The molecule has 0 aromatic carbocycles. The summed E-state index contributed by atoms with van der Waals surface area (Å²) in [5.74, 6) is 0.277. The van der Waals surface area contributed by atoms with Crippen LogP contribution in [0.5, 0.6) is 0 Å². The minimum atomic E-state index is -0.0564. The number of aliphatic hydroxyl groups excluding tert-OH is 2. The molecule has 1 aliphatic heterocycles. The van der Waals surface area contributed by atoms with Crippen LogP contribution in [0.25, 0.3) is 0 Å². The molecule has 1 atom stereocenters. The molecule has 1 aliphatic rings. The van der Waals surface area contributed by atoms with Gasteiger partial charge in [0.2, 0.25) is 5.91 Å². The smallest absolute Gasteiger partial charge is 0.223 e. The van der Waals surface area contributed by atoms with Gasteiger partial charge in [0.15, 0.2) is 0 Å². The molecule has 0 aromatic rings. The highest BCUT2D eigenvalue weighted by atomic mass is 16.3. The van der Waals surface area contributed by atoms with Crippen molar-refractivity contribution in [2.45, 2.75) is 33.1 Å². The van der Waals surface area contributed by atoms with E-state index in [0.717, 1.165) is 19.4 Å². The zero-order valence-corrected chi connectivity index (χ0v) is 10.3. The molecule has 0 aromatic heterocycles. The van der Waals surface area contributed by atoms with Gasteiger partial charge < -0.3 is 15.1 Å². The summed E-state index contributed by atoms with van der Waals surface area (Å²) in [6.45, 7) is 5.77. The second-order valence-electron chi connectivity index (χ2n) is 5.52. The van der Waals surface area contributed by atoms with Crippen molar-refractivity contribution in [3.63, 3.8) is 0 Å². The topological polar surface area (TPSA) is 60.8 Å². The quantitative estimate of drug-likeness (QED) is 0.702. The van der Waals surface area contributed by atoms with Gasteiger partial charge in [-0.15, -0.1) is 0 Å². The number of carbonyl (C=O) groups excluding carboxylic acids is 1. The number of aliphatic hydroxyl groups is 2. The standard InChI is InChI=1S/C12H23NO3/c1-12(2,9-15)4-3-5-13-7-10(8-14)6-11(13)16/h10,14-15H,3-9H2,1-2H3. The Kier molecular flexibility index (Phi) is 4.74. The third-order valence-corrected chi connectivity index (χ3v) is 3.26. The van der Waals surface area contributed by atoms with Gasteiger partial charge in [0.25, 0.3) is 0 Å². The molecule has 1 fully saturated rings. The summed E-state index contributed by atoms with van der Waals surface area (Å²) in [6, 6.07) is 0. The van der Waals surface area contributed by atoms with Crippen LogP contribution in [0.1, 0.15) is 33.1 Å². The van der Waals surface area contributed by atoms with Crippen LogP contribution in [-0.2, 0) is 4.79 Å². The zero-order valence-electron chi connectivity index (χ0n) is 10.3. The maximum absolute atomic E-state index is 11.5. The van der Waals surface area contributed by atoms with Crippen LogP contribution >= 0.6 is 0 Å². The number of hydrogen-bond donors (Lipinski definition) is 2. The van der Waals surface area contributed by atoms with Crippen molar-refractivity contribution in [2.75, 3.05) is 26.3 Å². The molecule has 16 heavy (non-hydrogen) atoms. The molecular weight excluding hydrogens is 206 g/mol. The van der Waals surface area contributed by atoms with E-state index in [-0.39, 0.29) is 30.5 Å². The van der Waals surface area contributed by atoms with Crippen LogP contribution in [0.4, 0.5) is 0 Å². The van der Waals surface area contributed by atoms with E-state index in [9.17, 15) is 4.79 Å². The number of amides is 1. The summed E-state index contributed by atoms with van der Waals surface area (Å²) in [5.41, 5.74) is -0.0564. The van der Waals surface area contributed by atoms with Crippen molar-refractivity contribution in [3.05, 3.63) is 0 Å². The van der Waals surface area contributed by atoms with Crippen molar-refractivity contribution in [1.82, 2.24) is 4.90 Å². The fourth-order valence-electron chi connectivity index (χ4n) is 2.02. The average Bonchev–Trinajstić information content (AvgIpc) is 2.60. The molecule has 0 radical (unpaired) electrons. The van der Waals surface area contributed by atoms with E-state index in [2.05, 4.69) is 0 Å². The maximum Gasteiger partial charge on any atom is 0.223 e. The van der Waals surface area contributed by atoms with Crippen LogP contribution < -0.4 is 0 Å². The Balaban J connectivity index is 2.26. The summed E-state index contributed by atoms with van der Waals surface area (Å²) < 4.78 is 0. The molecule has 94 valence electrons.